The highest BCUT2D eigenvalue weighted by atomic mass is 32.2. The molecule has 0 saturated carbocycles. The molecular formula is C33H35N3O4S. The van der Waals surface area contributed by atoms with Gasteiger partial charge in [-0.15, -0.1) is 0 Å². The Labute approximate surface area is 242 Å². The fourth-order valence-electron chi connectivity index (χ4n) is 4.80. The van der Waals surface area contributed by atoms with Crippen LogP contribution in [0.4, 0.5) is 5.69 Å². The fourth-order valence-corrected chi connectivity index (χ4v) is 6.30. The number of nitrogens with one attached hydrogen (secondary N) is 1. The zero-order valence-electron chi connectivity index (χ0n) is 23.5. The number of sulfonamides is 1. The van der Waals surface area contributed by atoms with Crippen molar-refractivity contribution < 1.29 is 18.0 Å². The average molecular weight is 570 g/mol. The van der Waals surface area contributed by atoms with Crippen molar-refractivity contribution in [3.05, 3.63) is 131 Å². The summed E-state index contributed by atoms with van der Waals surface area (Å²) < 4.78 is 29.1. The lowest BCUT2D eigenvalue weighted by Crippen LogP contribution is -2.53. The number of carbonyl (C=O) groups excluding carboxylic acids is 2. The number of para-hydroxylation sites is 1. The van der Waals surface area contributed by atoms with E-state index >= 15 is 0 Å². The molecule has 0 aliphatic rings. The number of likely N-dealkylation sites (N-methyl/N-ethyl adjacent to an activating group) is 1. The van der Waals surface area contributed by atoms with E-state index in [9.17, 15) is 18.0 Å². The third-order valence-corrected chi connectivity index (χ3v) is 8.72. The lowest BCUT2D eigenvalue weighted by Gasteiger charge is -2.34. The summed E-state index contributed by atoms with van der Waals surface area (Å²) in [7, 11) is -2.57. The summed E-state index contributed by atoms with van der Waals surface area (Å²) in [5.41, 5.74) is 3.85. The molecule has 1 atom stereocenters. The highest BCUT2D eigenvalue weighted by Gasteiger charge is 2.34. The highest BCUT2D eigenvalue weighted by Crippen LogP contribution is 2.27. The minimum absolute atomic E-state index is 0.0772. The van der Waals surface area contributed by atoms with Crippen molar-refractivity contribution in [3.63, 3.8) is 0 Å². The van der Waals surface area contributed by atoms with E-state index in [2.05, 4.69) is 5.32 Å². The summed E-state index contributed by atoms with van der Waals surface area (Å²) in [6, 6.07) is 31.5. The maximum absolute atomic E-state index is 14.3. The van der Waals surface area contributed by atoms with Gasteiger partial charge in [0.1, 0.15) is 12.6 Å². The molecule has 2 amide bonds. The molecule has 8 heteroatoms. The van der Waals surface area contributed by atoms with Gasteiger partial charge in [0.2, 0.25) is 11.8 Å². The summed E-state index contributed by atoms with van der Waals surface area (Å²) >= 11 is 0. The smallest absolute Gasteiger partial charge is 0.264 e. The van der Waals surface area contributed by atoms with E-state index in [0.29, 0.717) is 11.3 Å². The normalized spacial score (nSPS) is 11.9. The molecule has 4 aromatic rings. The lowest BCUT2D eigenvalue weighted by atomic mass is 10.0. The molecule has 0 unspecified atom stereocenters. The number of amides is 2. The number of hydrogen-bond acceptors (Lipinski definition) is 4. The number of nitrogens with zero attached hydrogens (tertiary/aromatic N) is 2. The standard InChI is InChI=1S/C33H35N3O4S/c1-25-13-12-17-28(21-25)23-35(31(33(38)34-3)22-27-15-6-4-7-16-27)32(37)24-36(30-20-11-10-14-26(30)2)41(39,40)29-18-8-5-9-19-29/h4-21,31H,22-24H2,1-3H3,(H,34,38)/t31-/m1/s1. The summed E-state index contributed by atoms with van der Waals surface area (Å²) in [4.78, 5) is 29.2. The number of anilines is 1. The van der Waals surface area contributed by atoms with Crippen molar-refractivity contribution in [2.75, 3.05) is 17.9 Å². The molecule has 4 aromatic carbocycles. The lowest BCUT2D eigenvalue weighted by molar-refractivity contribution is -0.139. The molecule has 0 aliphatic carbocycles. The van der Waals surface area contributed by atoms with Crippen LogP contribution in [0.15, 0.2) is 114 Å². The molecule has 0 heterocycles. The van der Waals surface area contributed by atoms with Gasteiger partial charge in [0.15, 0.2) is 0 Å². The van der Waals surface area contributed by atoms with Crippen LogP contribution in [0.3, 0.4) is 0 Å². The second-order valence-electron chi connectivity index (χ2n) is 9.94. The van der Waals surface area contributed by atoms with E-state index in [1.54, 1.807) is 43.3 Å². The number of aryl methyl sites for hydroxylation is 2. The maximum atomic E-state index is 14.3. The molecule has 0 fully saturated rings. The van der Waals surface area contributed by atoms with Gasteiger partial charge < -0.3 is 10.2 Å². The average Bonchev–Trinajstić information content (AvgIpc) is 2.98. The maximum Gasteiger partial charge on any atom is 0.264 e. The fraction of sp³-hybridized carbons (Fsp3) is 0.212. The molecule has 0 spiro atoms. The summed E-state index contributed by atoms with van der Waals surface area (Å²) in [6.45, 7) is 3.43. The van der Waals surface area contributed by atoms with Gasteiger partial charge >= 0.3 is 0 Å². The molecule has 41 heavy (non-hydrogen) atoms. The SMILES string of the molecule is CNC(=O)[C@@H](Cc1ccccc1)N(Cc1cccc(C)c1)C(=O)CN(c1ccccc1C)S(=O)(=O)c1ccccc1. The van der Waals surface area contributed by atoms with Gasteiger partial charge in [-0.2, -0.15) is 0 Å². The molecule has 0 aromatic heterocycles. The number of carbonyl (C=O) groups is 2. The monoisotopic (exact) mass is 569 g/mol. The zero-order chi connectivity index (χ0) is 29.4. The molecule has 212 valence electrons. The Bertz CT molecular complexity index is 1590. The zero-order valence-corrected chi connectivity index (χ0v) is 24.3. The first-order valence-corrected chi connectivity index (χ1v) is 14.9. The van der Waals surface area contributed by atoms with E-state index in [1.165, 1.54) is 24.1 Å². The minimum atomic E-state index is -4.11. The Hall–Kier alpha value is -4.43. The van der Waals surface area contributed by atoms with Gasteiger partial charge in [0.05, 0.1) is 10.6 Å². The second kappa shape index (κ2) is 13.3. The van der Waals surface area contributed by atoms with E-state index in [-0.39, 0.29) is 23.8 Å². The van der Waals surface area contributed by atoms with Crippen LogP contribution in [-0.2, 0) is 32.6 Å². The number of hydrogen-bond donors (Lipinski definition) is 1. The molecule has 0 bridgehead atoms. The van der Waals surface area contributed by atoms with Crippen LogP contribution in [-0.4, -0.2) is 44.8 Å². The van der Waals surface area contributed by atoms with Gasteiger partial charge in [-0.1, -0.05) is 96.6 Å². The third-order valence-electron chi connectivity index (χ3n) is 6.95. The van der Waals surface area contributed by atoms with Crippen LogP contribution >= 0.6 is 0 Å². The Morgan fingerprint density at radius 2 is 1.39 bits per heavy atom. The van der Waals surface area contributed by atoms with Crippen LogP contribution in [0.2, 0.25) is 0 Å². The Morgan fingerprint density at radius 1 is 0.780 bits per heavy atom. The Kier molecular flexibility index (Phi) is 9.57. The van der Waals surface area contributed by atoms with Gasteiger partial charge in [0, 0.05) is 20.0 Å². The van der Waals surface area contributed by atoms with E-state index in [0.717, 1.165) is 21.0 Å². The largest absolute Gasteiger partial charge is 0.357 e. The Morgan fingerprint density at radius 3 is 2.02 bits per heavy atom. The van der Waals surface area contributed by atoms with Crippen molar-refractivity contribution in [2.45, 2.75) is 37.8 Å². The van der Waals surface area contributed by atoms with Gasteiger partial charge in [-0.25, -0.2) is 8.42 Å². The summed E-state index contributed by atoms with van der Waals surface area (Å²) in [5.74, 6) is -0.818. The molecule has 7 nitrogen and oxygen atoms in total. The molecular weight excluding hydrogens is 534 g/mol. The van der Waals surface area contributed by atoms with Crippen molar-refractivity contribution in [1.82, 2.24) is 10.2 Å². The molecule has 1 N–H and O–H groups in total. The number of benzene rings is 4. The minimum Gasteiger partial charge on any atom is -0.357 e. The Balaban J connectivity index is 1.79. The number of rotatable bonds is 11. The van der Waals surface area contributed by atoms with E-state index < -0.39 is 28.5 Å². The van der Waals surface area contributed by atoms with Gasteiger partial charge in [0.25, 0.3) is 10.0 Å². The van der Waals surface area contributed by atoms with Crippen molar-refractivity contribution in [3.8, 4) is 0 Å². The quantitative estimate of drug-likeness (QED) is 0.279. The highest BCUT2D eigenvalue weighted by molar-refractivity contribution is 7.92. The predicted molar refractivity (Wildman–Crippen MR) is 162 cm³/mol. The predicted octanol–water partition coefficient (Wildman–Crippen LogP) is 4.88. The second-order valence-corrected chi connectivity index (χ2v) is 11.8. The van der Waals surface area contributed by atoms with Crippen LogP contribution in [0.25, 0.3) is 0 Å². The summed E-state index contributed by atoms with van der Waals surface area (Å²) in [6.07, 6.45) is 0.272. The first-order valence-electron chi connectivity index (χ1n) is 13.4. The van der Waals surface area contributed by atoms with Crippen LogP contribution in [0, 0.1) is 13.8 Å². The molecule has 0 saturated heterocycles. The summed E-state index contributed by atoms with van der Waals surface area (Å²) in [5, 5.41) is 2.70. The third kappa shape index (κ3) is 7.21. The van der Waals surface area contributed by atoms with Crippen LogP contribution < -0.4 is 9.62 Å². The molecule has 0 aliphatic heterocycles. The molecule has 0 radical (unpaired) electrons. The van der Waals surface area contributed by atoms with Gasteiger partial charge in [-0.3, -0.25) is 13.9 Å². The molecule has 4 rings (SSSR count). The topological polar surface area (TPSA) is 86.8 Å². The van der Waals surface area contributed by atoms with Crippen molar-refractivity contribution in [1.29, 1.82) is 0 Å². The van der Waals surface area contributed by atoms with Crippen molar-refractivity contribution in [2.24, 2.45) is 0 Å². The van der Waals surface area contributed by atoms with Crippen LogP contribution in [0.1, 0.15) is 22.3 Å². The first-order chi connectivity index (χ1) is 19.7. The van der Waals surface area contributed by atoms with Crippen molar-refractivity contribution >= 4 is 27.5 Å². The van der Waals surface area contributed by atoms with E-state index in [1.807, 2.05) is 67.6 Å². The van der Waals surface area contributed by atoms with E-state index in [4.69, 9.17) is 0 Å². The first kappa shape index (κ1) is 29.6. The van der Waals surface area contributed by atoms with Crippen LogP contribution in [0.5, 0.6) is 0 Å². The van der Waals surface area contributed by atoms with Gasteiger partial charge in [-0.05, 0) is 48.7 Å².